The van der Waals surface area contributed by atoms with E-state index in [1.807, 2.05) is 0 Å². The Balaban J connectivity index is 2.12. The van der Waals surface area contributed by atoms with Crippen LogP contribution in [0.4, 0.5) is 0 Å². The first-order valence-electron chi connectivity index (χ1n) is 6.94. The summed E-state index contributed by atoms with van der Waals surface area (Å²) >= 11 is 5.93. The molecule has 8 heteroatoms. The number of benzene rings is 2. The average Bonchev–Trinajstić information content (AvgIpc) is 3.02. The minimum Gasteiger partial charge on any atom is -0.493 e. The molecule has 0 atom stereocenters. The maximum atomic E-state index is 12.8. The number of hydrogen-bond acceptors (Lipinski definition) is 6. The minimum atomic E-state index is -0.376. The van der Waals surface area contributed by atoms with E-state index in [0.717, 1.165) is 0 Å². The molecule has 0 saturated heterocycles. The summed E-state index contributed by atoms with van der Waals surface area (Å²) in [7, 11) is 4.47. The molecule has 3 rings (SSSR count). The van der Waals surface area contributed by atoms with E-state index in [-0.39, 0.29) is 5.91 Å². The van der Waals surface area contributed by atoms with Gasteiger partial charge in [-0.05, 0) is 30.3 Å². The van der Waals surface area contributed by atoms with Gasteiger partial charge in [0, 0.05) is 10.6 Å². The smallest absolute Gasteiger partial charge is 0.280 e. The van der Waals surface area contributed by atoms with Crippen LogP contribution in [-0.4, -0.2) is 42.2 Å². The Morgan fingerprint density at radius 1 is 1.04 bits per heavy atom. The predicted octanol–water partition coefficient (Wildman–Crippen LogP) is 2.80. The molecule has 0 aliphatic carbocycles. The van der Waals surface area contributed by atoms with Gasteiger partial charge in [0.25, 0.3) is 5.91 Å². The van der Waals surface area contributed by atoms with Crippen LogP contribution in [0, 0.1) is 0 Å². The third-order valence-electron chi connectivity index (χ3n) is 3.51. The van der Waals surface area contributed by atoms with Gasteiger partial charge in [-0.3, -0.25) is 4.79 Å². The van der Waals surface area contributed by atoms with E-state index in [2.05, 4.69) is 10.3 Å². The molecule has 24 heavy (non-hydrogen) atoms. The highest BCUT2D eigenvalue weighted by Crippen LogP contribution is 2.38. The molecular formula is C16H14ClN3O4. The third-order valence-corrected chi connectivity index (χ3v) is 3.75. The Hall–Kier alpha value is -2.80. The monoisotopic (exact) mass is 347 g/mol. The third kappa shape index (κ3) is 2.63. The predicted molar refractivity (Wildman–Crippen MR) is 88.4 cm³/mol. The van der Waals surface area contributed by atoms with E-state index in [1.54, 1.807) is 30.3 Å². The van der Waals surface area contributed by atoms with E-state index >= 15 is 0 Å². The van der Waals surface area contributed by atoms with Crippen molar-refractivity contribution in [1.82, 2.24) is 15.0 Å². The van der Waals surface area contributed by atoms with E-state index in [0.29, 0.717) is 38.9 Å². The number of ether oxygens (including phenoxy) is 3. The summed E-state index contributed by atoms with van der Waals surface area (Å²) in [5.74, 6) is 0.797. The zero-order valence-corrected chi connectivity index (χ0v) is 14.0. The first kappa shape index (κ1) is 16.1. The first-order valence-corrected chi connectivity index (χ1v) is 7.32. The van der Waals surface area contributed by atoms with Gasteiger partial charge in [-0.25, -0.2) is 0 Å². The highest BCUT2D eigenvalue weighted by molar-refractivity contribution is 6.31. The van der Waals surface area contributed by atoms with Crippen molar-refractivity contribution in [2.45, 2.75) is 0 Å². The standard InChI is InChI=1S/C16H14ClN3O4/c1-22-13-6-9(7-14(23-2)15(13)24-3)16(21)20-12-5-4-10(17)8-11(12)18-19-20/h4-8H,1-3H3. The zero-order valence-electron chi connectivity index (χ0n) is 13.2. The molecule has 7 nitrogen and oxygen atoms in total. The van der Waals surface area contributed by atoms with Crippen LogP contribution in [0.2, 0.25) is 5.02 Å². The SMILES string of the molecule is COc1cc(C(=O)n2nnc3cc(Cl)ccc32)cc(OC)c1OC. The molecule has 0 unspecified atom stereocenters. The van der Waals surface area contributed by atoms with Gasteiger partial charge in [-0.2, -0.15) is 4.68 Å². The maximum absolute atomic E-state index is 12.8. The summed E-state index contributed by atoms with van der Waals surface area (Å²) in [6, 6.07) is 8.13. The number of aromatic nitrogens is 3. The second-order valence-corrected chi connectivity index (χ2v) is 5.29. The largest absolute Gasteiger partial charge is 0.493 e. The topological polar surface area (TPSA) is 75.5 Å². The molecule has 1 aromatic heterocycles. The van der Waals surface area contributed by atoms with Crippen molar-refractivity contribution in [2.75, 3.05) is 21.3 Å². The Morgan fingerprint density at radius 3 is 2.29 bits per heavy atom. The molecule has 0 bridgehead atoms. The fourth-order valence-electron chi connectivity index (χ4n) is 2.37. The number of halogens is 1. The molecule has 0 radical (unpaired) electrons. The van der Waals surface area contributed by atoms with Crippen LogP contribution in [0.25, 0.3) is 11.0 Å². The number of methoxy groups -OCH3 is 3. The van der Waals surface area contributed by atoms with E-state index in [4.69, 9.17) is 25.8 Å². The number of carbonyl (C=O) groups excluding carboxylic acids is 1. The van der Waals surface area contributed by atoms with Gasteiger partial charge in [-0.15, -0.1) is 5.10 Å². The summed E-state index contributed by atoms with van der Waals surface area (Å²) in [6.07, 6.45) is 0. The molecule has 0 spiro atoms. The molecule has 3 aromatic rings. The number of nitrogens with zero attached hydrogens (tertiary/aromatic N) is 3. The van der Waals surface area contributed by atoms with Crippen LogP contribution in [0.3, 0.4) is 0 Å². The van der Waals surface area contributed by atoms with Gasteiger partial charge in [0.15, 0.2) is 11.5 Å². The van der Waals surface area contributed by atoms with Gasteiger partial charge in [-0.1, -0.05) is 16.8 Å². The first-order chi connectivity index (χ1) is 11.6. The molecular weight excluding hydrogens is 334 g/mol. The molecule has 0 saturated carbocycles. The van der Waals surface area contributed by atoms with Crippen molar-refractivity contribution in [2.24, 2.45) is 0 Å². The molecule has 0 amide bonds. The van der Waals surface area contributed by atoms with Crippen molar-refractivity contribution < 1.29 is 19.0 Å². The second-order valence-electron chi connectivity index (χ2n) is 4.85. The number of rotatable bonds is 4. The van der Waals surface area contributed by atoms with Crippen molar-refractivity contribution in [3.8, 4) is 17.2 Å². The van der Waals surface area contributed by atoms with Crippen LogP contribution >= 0.6 is 11.6 Å². The highest BCUT2D eigenvalue weighted by Gasteiger charge is 2.20. The average molecular weight is 348 g/mol. The van der Waals surface area contributed by atoms with Crippen molar-refractivity contribution in [1.29, 1.82) is 0 Å². The second kappa shape index (κ2) is 6.37. The minimum absolute atomic E-state index is 0.325. The fourth-order valence-corrected chi connectivity index (χ4v) is 2.54. The Labute approximate surface area is 142 Å². The van der Waals surface area contributed by atoms with E-state index < -0.39 is 0 Å². The maximum Gasteiger partial charge on any atom is 0.280 e. The Kier molecular flexibility index (Phi) is 4.26. The summed E-state index contributed by atoms with van der Waals surface area (Å²) in [5.41, 5.74) is 1.41. The van der Waals surface area contributed by atoms with E-state index in [1.165, 1.54) is 26.0 Å². The highest BCUT2D eigenvalue weighted by atomic mass is 35.5. The summed E-state index contributed by atoms with van der Waals surface area (Å²) < 4.78 is 17.0. The van der Waals surface area contributed by atoms with Crippen molar-refractivity contribution in [3.63, 3.8) is 0 Å². The van der Waals surface area contributed by atoms with Crippen molar-refractivity contribution >= 4 is 28.5 Å². The fraction of sp³-hybridized carbons (Fsp3) is 0.188. The van der Waals surface area contributed by atoms with Crippen LogP contribution in [0.1, 0.15) is 10.4 Å². The van der Waals surface area contributed by atoms with Crippen LogP contribution < -0.4 is 14.2 Å². The van der Waals surface area contributed by atoms with Gasteiger partial charge in [0.05, 0.1) is 26.8 Å². The lowest BCUT2D eigenvalue weighted by Crippen LogP contribution is -2.14. The van der Waals surface area contributed by atoms with Crippen LogP contribution in [0.5, 0.6) is 17.2 Å². The molecule has 124 valence electrons. The lowest BCUT2D eigenvalue weighted by Gasteiger charge is -2.13. The summed E-state index contributed by atoms with van der Waals surface area (Å²) in [5, 5.41) is 8.40. The van der Waals surface area contributed by atoms with E-state index in [9.17, 15) is 4.79 Å². The summed E-state index contributed by atoms with van der Waals surface area (Å²) in [4.78, 5) is 12.8. The summed E-state index contributed by atoms with van der Waals surface area (Å²) in [6.45, 7) is 0. The Morgan fingerprint density at radius 2 is 1.71 bits per heavy atom. The van der Waals surface area contributed by atoms with Crippen molar-refractivity contribution in [3.05, 3.63) is 40.9 Å². The normalized spacial score (nSPS) is 10.7. The van der Waals surface area contributed by atoms with Gasteiger partial charge in [0.2, 0.25) is 5.75 Å². The molecule has 0 N–H and O–H groups in total. The quantitative estimate of drug-likeness (QED) is 0.722. The molecule has 0 fully saturated rings. The number of fused-ring (bicyclic) bond motifs is 1. The van der Waals surface area contributed by atoms with Gasteiger partial charge in [0.1, 0.15) is 5.52 Å². The lowest BCUT2D eigenvalue weighted by atomic mass is 10.1. The van der Waals surface area contributed by atoms with Gasteiger partial charge >= 0.3 is 0 Å². The van der Waals surface area contributed by atoms with Gasteiger partial charge < -0.3 is 14.2 Å². The lowest BCUT2D eigenvalue weighted by molar-refractivity contribution is 0.0947. The number of hydrogen-bond donors (Lipinski definition) is 0. The van der Waals surface area contributed by atoms with Crippen LogP contribution in [-0.2, 0) is 0 Å². The molecule has 1 heterocycles. The zero-order chi connectivity index (χ0) is 17.3. The Bertz CT molecular complexity index is 898. The molecule has 0 aliphatic heterocycles. The van der Waals surface area contributed by atoms with Crippen LogP contribution in [0.15, 0.2) is 30.3 Å². The molecule has 2 aromatic carbocycles. The number of carbonyl (C=O) groups is 1. The molecule has 0 aliphatic rings.